The summed E-state index contributed by atoms with van der Waals surface area (Å²) in [6.45, 7) is 2.23. The molecule has 0 aromatic heterocycles. The molecule has 0 aromatic carbocycles. The second-order valence-electron chi connectivity index (χ2n) is 6.17. The van der Waals surface area contributed by atoms with E-state index in [-0.39, 0.29) is 5.41 Å². The minimum absolute atomic E-state index is 0.346. The van der Waals surface area contributed by atoms with Crippen LogP contribution in [0.5, 0.6) is 0 Å². The monoisotopic (exact) mass is 238 g/mol. The summed E-state index contributed by atoms with van der Waals surface area (Å²) in [6.07, 6.45) is 11.5. The van der Waals surface area contributed by atoms with Crippen molar-refractivity contribution in [3.63, 3.8) is 0 Å². The van der Waals surface area contributed by atoms with Gasteiger partial charge in [0.05, 0.1) is 5.41 Å². The molecule has 2 aliphatic carbocycles. The smallest absolute Gasteiger partial charge is 0.309 e. The highest BCUT2D eigenvalue weighted by Crippen LogP contribution is 2.51. The van der Waals surface area contributed by atoms with E-state index in [1.54, 1.807) is 0 Å². The first-order chi connectivity index (χ1) is 8.19. The van der Waals surface area contributed by atoms with Gasteiger partial charge < -0.3 is 5.11 Å². The molecule has 2 rings (SSSR count). The lowest BCUT2D eigenvalue weighted by Crippen LogP contribution is -2.41. The summed E-state index contributed by atoms with van der Waals surface area (Å²) < 4.78 is 0. The van der Waals surface area contributed by atoms with Crippen LogP contribution in [0.25, 0.3) is 0 Å². The maximum Gasteiger partial charge on any atom is 0.309 e. The van der Waals surface area contributed by atoms with Crippen LogP contribution in [0.15, 0.2) is 0 Å². The zero-order valence-corrected chi connectivity index (χ0v) is 11.1. The third kappa shape index (κ3) is 2.51. The molecule has 2 aliphatic rings. The Morgan fingerprint density at radius 3 is 2.24 bits per heavy atom. The summed E-state index contributed by atoms with van der Waals surface area (Å²) >= 11 is 0. The van der Waals surface area contributed by atoms with Gasteiger partial charge in [0.1, 0.15) is 0 Å². The minimum atomic E-state index is -0.501. The number of carbonyl (C=O) groups is 1. The number of carboxylic acid groups (broad SMARTS) is 1. The third-order valence-corrected chi connectivity index (χ3v) is 5.26. The van der Waals surface area contributed by atoms with Crippen LogP contribution in [0, 0.1) is 17.3 Å². The van der Waals surface area contributed by atoms with Crippen molar-refractivity contribution in [2.45, 2.75) is 71.1 Å². The Hall–Kier alpha value is -0.530. The maximum atomic E-state index is 11.7. The lowest BCUT2D eigenvalue weighted by Gasteiger charge is -2.41. The summed E-state index contributed by atoms with van der Waals surface area (Å²) in [6, 6.07) is 0. The molecule has 0 aliphatic heterocycles. The second kappa shape index (κ2) is 5.41. The molecule has 0 spiro atoms. The van der Waals surface area contributed by atoms with E-state index in [1.165, 1.54) is 25.7 Å². The third-order valence-electron chi connectivity index (χ3n) is 5.26. The molecule has 2 nitrogen and oxygen atoms in total. The lowest BCUT2D eigenvalue weighted by atomic mass is 9.62. The molecule has 2 heteroatoms. The van der Waals surface area contributed by atoms with Crippen LogP contribution in [-0.2, 0) is 4.79 Å². The van der Waals surface area contributed by atoms with Gasteiger partial charge in [-0.15, -0.1) is 0 Å². The number of aliphatic carboxylic acids is 1. The summed E-state index contributed by atoms with van der Waals surface area (Å²) in [4.78, 5) is 11.7. The largest absolute Gasteiger partial charge is 0.481 e. The molecule has 0 saturated heterocycles. The zero-order chi connectivity index (χ0) is 12.3. The van der Waals surface area contributed by atoms with Crippen molar-refractivity contribution in [2.24, 2.45) is 17.3 Å². The predicted octanol–water partition coefficient (Wildman–Crippen LogP) is 4.24. The van der Waals surface area contributed by atoms with E-state index in [0.29, 0.717) is 5.92 Å². The molecule has 2 saturated carbocycles. The molecule has 1 N–H and O–H groups in total. The summed E-state index contributed by atoms with van der Waals surface area (Å²) in [5.41, 5.74) is -0.346. The molecule has 0 radical (unpaired) electrons. The first-order valence-electron chi connectivity index (χ1n) is 7.42. The van der Waals surface area contributed by atoms with E-state index in [9.17, 15) is 9.90 Å². The topological polar surface area (TPSA) is 37.3 Å². The van der Waals surface area contributed by atoms with Gasteiger partial charge in [-0.1, -0.05) is 32.6 Å². The molecular formula is C15H26O2. The molecule has 0 unspecified atom stereocenters. The summed E-state index contributed by atoms with van der Waals surface area (Å²) in [7, 11) is 0. The minimum Gasteiger partial charge on any atom is -0.481 e. The van der Waals surface area contributed by atoms with Crippen LogP contribution in [0.3, 0.4) is 0 Å². The molecule has 0 heterocycles. The van der Waals surface area contributed by atoms with E-state index < -0.39 is 5.97 Å². The average molecular weight is 238 g/mol. The van der Waals surface area contributed by atoms with Crippen LogP contribution < -0.4 is 0 Å². The Morgan fingerprint density at radius 1 is 1.18 bits per heavy atom. The fourth-order valence-electron chi connectivity index (χ4n) is 4.16. The van der Waals surface area contributed by atoms with Crippen molar-refractivity contribution in [3.05, 3.63) is 0 Å². The van der Waals surface area contributed by atoms with Crippen molar-refractivity contribution in [3.8, 4) is 0 Å². The molecule has 0 bridgehead atoms. The number of hydrogen-bond acceptors (Lipinski definition) is 1. The van der Waals surface area contributed by atoms with Crippen molar-refractivity contribution >= 4 is 5.97 Å². The molecule has 0 atom stereocenters. The highest BCUT2D eigenvalue weighted by Gasteiger charge is 2.48. The van der Waals surface area contributed by atoms with Crippen molar-refractivity contribution in [2.75, 3.05) is 0 Å². The van der Waals surface area contributed by atoms with Crippen LogP contribution in [0.1, 0.15) is 71.1 Å². The van der Waals surface area contributed by atoms with E-state index in [0.717, 1.165) is 44.4 Å². The first-order valence-corrected chi connectivity index (χ1v) is 7.42. The van der Waals surface area contributed by atoms with Gasteiger partial charge in [-0.2, -0.15) is 0 Å². The van der Waals surface area contributed by atoms with Crippen LogP contribution >= 0.6 is 0 Å². The van der Waals surface area contributed by atoms with Gasteiger partial charge in [-0.05, 0) is 50.4 Å². The Labute approximate surface area is 105 Å². The normalized spacial score (nSPS) is 35.0. The molecule has 17 heavy (non-hydrogen) atoms. The fraction of sp³-hybridized carbons (Fsp3) is 0.933. The van der Waals surface area contributed by atoms with E-state index >= 15 is 0 Å². The molecule has 0 aromatic rings. The summed E-state index contributed by atoms with van der Waals surface area (Å²) in [5, 5.41) is 9.67. The second-order valence-corrected chi connectivity index (χ2v) is 6.17. The molecular weight excluding hydrogens is 212 g/mol. The first kappa shape index (κ1) is 12.9. The highest BCUT2D eigenvalue weighted by atomic mass is 16.4. The zero-order valence-electron chi connectivity index (χ0n) is 11.1. The predicted molar refractivity (Wildman–Crippen MR) is 68.9 cm³/mol. The standard InChI is InChI=1S/C15H26O2/c1-2-5-12-8-10-15(11-9-12,14(16)17)13-6-3-4-7-13/h12-13H,2-11H2,1H3,(H,16,17). The van der Waals surface area contributed by atoms with Crippen molar-refractivity contribution in [1.29, 1.82) is 0 Å². The van der Waals surface area contributed by atoms with Gasteiger partial charge in [0, 0.05) is 0 Å². The SMILES string of the molecule is CCCC1CCC(C(=O)O)(C2CCCC2)CC1. The Kier molecular flexibility index (Phi) is 4.11. The quantitative estimate of drug-likeness (QED) is 0.795. The van der Waals surface area contributed by atoms with Gasteiger partial charge in [0.2, 0.25) is 0 Å². The van der Waals surface area contributed by atoms with E-state index in [1.807, 2.05) is 0 Å². The van der Waals surface area contributed by atoms with Crippen LogP contribution in [-0.4, -0.2) is 11.1 Å². The van der Waals surface area contributed by atoms with Gasteiger partial charge in [0.15, 0.2) is 0 Å². The van der Waals surface area contributed by atoms with Crippen molar-refractivity contribution < 1.29 is 9.90 Å². The Morgan fingerprint density at radius 2 is 1.76 bits per heavy atom. The molecule has 0 amide bonds. The van der Waals surface area contributed by atoms with Crippen molar-refractivity contribution in [1.82, 2.24) is 0 Å². The highest BCUT2D eigenvalue weighted by molar-refractivity contribution is 5.75. The van der Waals surface area contributed by atoms with Crippen LogP contribution in [0.4, 0.5) is 0 Å². The average Bonchev–Trinajstić information content (AvgIpc) is 2.84. The summed E-state index contributed by atoms with van der Waals surface area (Å²) in [5.74, 6) is 0.774. The van der Waals surface area contributed by atoms with Gasteiger partial charge in [0.25, 0.3) is 0 Å². The molecule has 98 valence electrons. The maximum absolute atomic E-state index is 11.7. The van der Waals surface area contributed by atoms with E-state index in [4.69, 9.17) is 0 Å². The van der Waals surface area contributed by atoms with E-state index in [2.05, 4.69) is 6.92 Å². The number of rotatable bonds is 4. The van der Waals surface area contributed by atoms with Gasteiger partial charge in [-0.25, -0.2) is 0 Å². The number of carboxylic acids is 1. The Bertz CT molecular complexity index is 258. The Balaban J connectivity index is 2.02. The van der Waals surface area contributed by atoms with Gasteiger partial charge in [-0.3, -0.25) is 4.79 Å². The van der Waals surface area contributed by atoms with Gasteiger partial charge >= 0.3 is 5.97 Å². The molecule has 2 fully saturated rings. The lowest BCUT2D eigenvalue weighted by molar-refractivity contribution is -0.156. The van der Waals surface area contributed by atoms with Crippen LogP contribution in [0.2, 0.25) is 0 Å². The number of hydrogen-bond donors (Lipinski definition) is 1. The fourth-order valence-corrected chi connectivity index (χ4v) is 4.16.